The van der Waals surface area contributed by atoms with Gasteiger partial charge >= 0.3 is 0 Å². The molecule has 1 amide bonds. The second kappa shape index (κ2) is 5.47. The number of halogens is 2. The number of amides is 1. The standard InChI is InChI=1S/C16H13ClFNO2/c17-11-6-3-7-12(18)14(11)16(21)19-15-10-5-2-1-4-9(10)8-13(15)20/h1-7,13,15,20H,8H2,(H,19,21). The highest BCUT2D eigenvalue weighted by molar-refractivity contribution is 6.33. The maximum absolute atomic E-state index is 13.8. The molecule has 0 aliphatic heterocycles. The van der Waals surface area contributed by atoms with Gasteiger partial charge in [-0.05, 0) is 23.3 Å². The minimum atomic E-state index is -0.725. The first-order valence-corrected chi connectivity index (χ1v) is 6.96. The van der Waals surface area contributed by atoms with Crippen LogP contribution >= 0.6 is 11.6 Å². The fraction of sp³-hybridized carbons (Fsp3) is 0.188. The second-order valence-corrected chi connectivity index (χ2v) is 5.43. The largest absolute Gasteiger partial charge is 0.390 e. The van der Waals surface area contributed by atoms with Crippen LogP contribution in [-0.4, -0.2) is 17.1 Å². The van der Waals surface area contributed by atoms with Gasteiger partial charge in [0.1, 0.15) is 5.82 Å². The Kier molecular flexibility index (Phi) is 3.66. The highest BCUT2D eigenvalue weighted by Crippen LogP contribution is 2.32. The molecular formula is C16H13ClFNO2. The number of aliphatic hydroxyl groups excluding tert-OH is 1. The summed E-state index contributed by atoms with van der Waals surface area (Å²) >= 11 is 5.88. The fourth-order valence-electron chi connectivity index (χ4n) is 2.68. The van der Waals surface area contributed by atoms with Crippen molar-refractivity contribution in [1.29, 1.82) is 0 Å². The van der Waals surface area contributed by atoms with Crippen molar-refractivity contribution in [2.24, 2.45) is 0 Å². The quantitative estimate of drug-likeness (QED) is 0.896. The predicted molar refractivity (Wildman–Crippen MR) is 77.8 cm³/mol. The maximum atomic E-state index is 13.8. The molecule has 1 aliphatic rings. The smallest absolute Gasteiger partial charge is 0.256 e. The Morgan fingerprint density at radius 2 is 2.00 bits per heavy atom. The molecule has 0 aromatic heterocycles. The van der Waals surface area contributed by atoms with Gasteiger partial charge < -0.3 is 10.4 Å². The van der Waals surface area contributed by atoms with Crippen LogP contribution in [0.4, 0.5) is 4.39 Å². The number of carbonyl (C=O) groups is 1. The Labute approximate surface area is 126 Å². The van der Waals surface area contributed by atoms with Gasteiger partial charge in [0, 0.05) is 6.42 Å². The molecule has 0 heterocycles. The van der Waals surface area contributed by atoms with Gasteiger partial charge in [-0.3, -0.25) is 4.79 Å². The Morgan fingerprint density at radius 1 is 1.24 bits per heavy atom. The zero-order valence-electron chi connectivity index (χ0n) is 11.0. The lowest BCUT2D eigenvalue weighted by atomic mass is 10.1. The van der Waals surface area contributed by atoms with Gasteiger partial charge in [-0.15, -0.1) is 0 Å². The van der Waals surface area contributed by atoms with Crippen LogP contribution in [0.1, 0.15) is 27.5 Å². The molecule has 2 atom stereocenters. The van der Waals surface area contributed by atoms with E-state index in [2.05, 4.69) is 5.32 Å². The van der Waals surface area contributed by atoms with E-state index in [-0.39, 0.29) is 10.6 Å². The number of hydrogen-bond donors (Lipinski definition) is 2. The summed E-state index contributed by atoms with van der Waals surface area (Å²) in [5.41, 5.74) is 1.64. The van der Waals surface area contributed by atoms with Gasteiger partial charge in [0.15, 0.2) is 0 Å². The minimum Gasteiger partial charge on any atom is -0.390 e. The average molecular weight is 306 g/mol. The van der Waals surface area contributed by atoms with Crippen molar-refractivity contribution in [3.05, 3.63) is 70.0 Å². The van der Waals surface area contributed by atoms with E-state index in [0.29, 0.717) is 6.42 Å². The van der Waals surface area contributed by atoms with Crippen molar-refractivity contribution in [2.75, 3.05) is 0 Å². The van der Waals surface area contributed by atoms with Gasteiger partial charge in [0.2, 0.25) is 0 Å². The molecule has 5 heteroatoms. The molecule has 108 valence electrons. The van der Waals surface area contributed by atoms with Crippen molar-refractivity contribution < 1.29 is 14.3 Å². The van der Waals surface area contributed by atoms with Gasteiger partial charge in [0.25, 0.3) is 5.91 Å². The summed E-state index contributed by atoms with van der Waals surface area (Å²) in [5.74, 6) is -1.31. The van der Waals surface area contributed by atoms with E-state index in [1.54, 1.807) is 0 Å². The van der Waals surface area contributed by atoms with Crippen LogP contribution in [0.3, 0.4) is 0 Å². The van der Waals surface area contributed by atoms with Crippen molar-refractivity contribution >= 4 is 17.5 Å². The maximum Gasteiger partial charge on any atom is 0.256 e. The number of hydrogen-bond acceptors (Lipinski definition) is 2. The van der Waals surface area contributed by atoms with E-state index in [0.717, 1.165) is 11.1 Å². The first-order chi connectivity index (χ1) is 10.1. The highest BCUT2D eigenvalue weighted by Gasteiger charge is 2.32. The molecule has 0 saturated heterocycles. The summed E-state index contributed by atoms with van der Waals surface area (Å²) in [7, 11) is 0. The third-order valence-corrected chi connectivity index (χ3v) is 4.00. The molecule has 2 aromatic rings. The zero-order valence-corrected chi connectivity index (χ0v) is 11.8. The van der Waals surface area contributed by atoms with Crippen LogP contribution in [-0.2, 0) is 6.42 Å². The molecule has 0 radical (unpaired) electrons. The minimum absolute atomic E-state index is 0.0493. The first kappa shape index (κ1) is 14.0. The molecule has 21 heavy (non-hydrogen) atoms. The molecule has 1 aliphatic carbocycles. The molecule has 0 spiro atoms. The van der Waals surface area contributed by atoms with Crippen LogP contribution in [0.5, 0.6) is 0 Å². The summed E-state index contributed by atoms with van der Waals surface area (Å²) in [6, 6.07) is 11.0. The lowest BCUT2D eigenvalue weighted by Crippen LogP contribution is -2.34. The van der Waals surface area contributed by atoms with Gasteiger partial charge in [-0.25, -0.2) is 4.39 Å². The number of nitrogens with one attached hydrogen (secondary N) is 1. The van der Waals surface area contributed by atoms with Crippen LogP contribution < -0.4 is 5.32 Å². The SMILES string of the molecule is O=C(NC1c2ccccc2CC1O)c1c(F)cccc1Cl. The number of benzene rings is 2. The molecular weight excluding hydrogens is 293 g/mol. The van der Waals surface area contributed by atoms with Crippen molar-refractivity contribution in [3.8, 4) is 0 Å². The molecule has 2 aromatic carbocycles. The molecule has 3 rings (SSSR count). The molecule has 0 saturated carbocycles. The first-order valence-electron chi connectivity index (χ1n) is 6.58. The van der Waals surface area contributed by atoms with Crippen LogP contribution in [0.2, 0.25) is 5.02 Å². The van der Waals surface area contributed by atoms with E-state index in [1.807, 2.05) is 24.3 Å². The Hall–Kier alpha value is -1.91. The van der Waals surface area contributed by atoms with Crippen molar-refractivity contribution in [1.82, 2.24) is 5.32 Å². The van der Waals surface area contributed by atoms with Gasteiger partial charge in [-0.2, -0.15) is 0 Å². The Balaban J connectivity index is 1.89. The van der Waals surface area contributed by atoms with Crippen molar-refractivity contribution in [3.63, 3.8) is 0 Å². The fourth-order valence-corrected chi connectivity index (χ4v) is 2.92. The highest BCUT2D eigenvalue weighted by atomic mass is 35.5. The third-order valence-electron chi connectivity index (χ3n) is 3.68. The van der Waals surface area contributed by atoms with E-state index >= 15 is 0 Å². The van der Waals surface area contributed by atoms with E-state index < -0.39 is 23.9 Å². The van der Waals surface area contributed by atoms with Gasteiger partial charge in [-0.1, -0.05) is 41.9 Å². The number of rotatable bonds is 2. The number of carbonyl (C=O) groups excluding carboxylic acids is 1. The van der Waals surface area contributed by atoms with E-state index in [1.165, 1.54) is 18.2 Å². The molecule has 0 bridgehead atoms. The van der Waals surface area contributed by atoms with Crippen LogP contribution in [0.15, 0.2) is 42.5 Å². The summed E-state index contributed by atoms with van der Waals surface area (Å²) in [4.78, 5) is 12.3. The van der Waals surface area contributed by atoms with E-state index in [9.17, 15) is 14.3 Å². The average Bonchev–Trinajstić information content (AvgIpc) is 2.75. The number of fused-ring (bicyclic) bond motifs is 1. The lowest BCUT2D eigenvalue weighted by molar-refractivity contribution is 0.0854. The Morgan fingerprint density at radius 3 is 2.76 bits per heavy atom. The normalized spacial score (nSPS) is 20.1. The van der Waals surface area contributed by atoms with E-state index in [4.69, 9.17) is 11.6 Å². The predicted octanol–water partition coefficient (Wildman–Crippen LogP) is 2.87. The lowest BCUT2D eigenvalue weighted by Gasteiger charge is -2.18. The van der Waals surface area contributed by atoms with Crippen LogP contribution in [0, 0.1) is 5.82 Å². The number of aliphatic hydroxyl groups is 1. The molecule has 0 fully saturated rings. The Bertz CT molecular complexity index is 684. The molecule has 2 N–H and O–H groups in total. The summed E-state index contributed by atoms with van der Waals surface area (Å²) in [5, 5.41) is 12.8. The molecule has 2 unspecified atom stereocenters. The third kappa shape index (κ3) is 2.52. The zero-order chi connectivity index (χ0) is 15.0. The van der Waals surface area contributed by atoms with Crippen molar-refractivity contribution in [2.45, 2.75) is 18.6 Å². The topological polar surface area (TPSA) is 49.3 Å². The summed E-state index contributed by atoms with van der Waals surface area (Å²) in [6.07, 6.45) is -0.261. The van der Waals surface area contributed by atoms with Crippen LogP contribution in [0.25, 0.3) is 0 Å². The molecule has 3 nitrogen and oxygen atoms in total. The summed E-state index contributed by atoms with van der Waals surface area (Å²) in [6.45, 7) is 0. The summed E-state index contributed by atoms with van der Waals surface area (Å²) < 4.78 is 13.8. The second-order valence-electron chi connectivity index (χ2n) is 5.02. The monoisotopic (exact) mass is 305 g/mol. The van der Waals surface area contributed by atoms with Gasteiger partial charge in [0.05, 0.1) is 22.7 Å².